The van der Waals surface area contributed by atoms with E-state index in [4.69, 9.17) is 6.57 Å². The summed E-state index contributed by atoms with van der Waals surface area (Å²) in [5, 5.41) is 6.28. The molecule has 0 bridgehead atoms. The van der Waals surface area contributed by atoms with E-state index in [1.165, 1.54) is 82.4 Å². The van der Waals surface area contributed by atoms with Gasteiger partial charge in [-0.3, -0.25) is 0 Å². The van der Waals surface area contributed by atoms with E-state index in [-0.39, 0.29) is 0 Å². The second kappa shape index (κ2) is 9.55. The van der Waals surface area contributed by atoms with E-state index < -0.39 is 0 Å². The van der Waals surface area contributed by atoms with Crippen molar-refractivity contribution < 1.29 is 4.57 Å². The van der Waals surface area contributed by atoms with Crippen LogP contribution in [0.1, 0.15) is 87.1 Å². The molecule has 3 aromatic heterocycles. The first kappa shape index (κ1) is 27.4. The summed E-state index contributed by atoms with van der Waals surface area (Å²) in [5.41, 5.74) is 15.0. The highest BCUT2D eigenvalue weighted by atomic mass is 15.0. The SMILES string of the molecule is [C-]#[N+]c1ccc2c3cc(C)c(C)c4c3n(c2c1)c1cc(-c2c(C(C)C)cc(C(C)C)cc2C(C)C)cc2cc[n+](C)c4c21. The van der Waals surface area contributed by atoms with Crippen molar-refractivity contribution in [2.75, 3.05) is 0 Å². The van der Waals surface area contributed by atoms with E-state index in [9.17, 15) is 0 Å². The van der Waals surface area contributed by atoms with Crippen molar-refractivity contribution >= 4 is 54.7 Å². The first-order valence-corrected chi connectivity index (χ1v) is 15.6. The van der Waals surface area contributed by atoms with Gasteiger partial charge in [0.05, 0.1) is 28.4 Å². The summed E-state index contributed by atoms with van der Waals surface area (Å²) in [6.07, 6.45) is 2.22. The van der Waals surface area contributed by atoms with E-state index in [1.54, 1.807) is 0 Å². The largest absolute Gasteiger partial charge is 0.309 e. The van der Waals surface area contributed by atoms with Crippen LogP contribution >= 0.6 is 0 Å². The number of pyridine rings is 2. The molecule has 0 N–H and O–H groups in total. The first-order chi connectivity index (χ1) is 20.5. The van der Waals surface area contributed by atoms with E-state index in [0.717, 1.165) is 5.52 Å². The fraction of sp³-hybridized carbons (Fsp3) is 0.300. The number of rotatable bonds is 4. The third-order valence-electron chi connectivity index (χ3n) is 9.80. The van der Waals surface area contributed by atoms with Gasteiger partial charge in [0.2, 0.25) is 5.52 Å². The van der Waals surface area contributed by atoms with Gasteiger partial charge in [0.15, 0.2) is 11.9 Å². The molecule has 0 aliphatic heterocycles. The summed E-state index contributed by atoms with van der Waals surface area (Å²) < 4.78 is 4.77. The summed E-state index contributed by atoms with van der Waals surface area (Å²) in [4.78, 5) is 3.83. The smallest absolute Gasteiger partial charge is 0.224 e. The molecule has 0 radical (unpaired) electrons. The third-order valence-corrected chi connectivity index (χ3v) is 9.80. The van der Waals surface area contributed by atoms with Crippen LogP contribution < -0.4 is 4.57 Å². The van der Waals surface area contributed by atoms with E-state index in [0.29, 0.717) is 23.4 Å². The Kier molecular flexibility index (Phi) is 6.09. The molecule has 0 spiro atoms. The van der Waals surface area contributed by atoms with Gasteiger partial charge in [0.1, 0.15) is 7.05 Å². The summed E-state index contributed by atoms with van der Waals surface area (Å²) in [5.74, 6) is 1.27. The minimum atomic E-state index is 0.397. The van der Waals surface area contributed by atoms with Gasteiger partial charge >= 0.3 is 0 Å². The molecule has 214 valence electrons. The average molecular weight is 563 g/mol. The number of fused-ring (bicyclic) bond motifs is 5. The number of hydrogen-bond donors (Lipinski definition) is 0. The van der Waals surface area contributed by atoms with Crippen LogP contribution in [0, 0.1) is 20.4 Å². The molecule has 4 aromatic carbocycles. The van der Waals surface area contributed by atoms with Gasteiger partial charge in [-0.15, -0.1) is 0 Å². The van der Waals surface area contributed by atoms with Crippen LogP contribution in [-0.4, -0.2) is 4.40 Å². The van der Waals surface area contributed by atoms with E-state index in [1.807, 2.05) is 6.07 Å². The lowest BCUT2D eigenvalue weighted by molar-refractivity contribution is -0.643. The van der Waals surface area contributed by atoms with E-state index >= 15 is 0 Å². The zero-order valence-electron chi connectivity index (χ0n) is 26.8. The maximum Gasteiger partial charge on any atom is 0.224 e. The monoisotopic (exact) mass is 562 g/mol. The molecule has 0 fully saturated rings. The fourth-order valence-corrected chi connectivity index (χ4v) is 7.40. The van der Waals surface area contributed by atoms with Crippen LogP contribution in [-0.2, 0) is 7.05 Å². The fourth-order valence-electron chi connectivity index (χ4n) is 7.40. The Morgan fingerprint density at radius 1 is 0.744 bits per heavy atom. The minimum Gasteiger partial charge on any atom is -0.309 e. The molecule has 7 aromatic rings. The molecular weight excluding hydrogens is 522 g/mol. The van der Waals surface area contributed by atoms with E-state index in [2.05, 4.69) is 131 Å². The van der Waals surface area contributed by atoms with Crippen molar-refractivity contribution in [3.8, 4) is 11.1 Å². The predicted molar refractivity (Wildman–Crippen MR) is 183 cm³/mol. The zero-order chi connectivity index (χ0) is 30.5. The number of hydrogen-bond acceptors (Lipinski definition) is 0. The molecule has 3 heterocycles. The topological polar surface area (TPSA) is 12.6 Å². The van der Waals surface area contributed by atoms with Crippen LogP contribution in [0.15, 0.2) is 60.8 Å². The molecule has 43 heavy (non-hydrogen) atoms. The van der Waals surface area contributed by atoms with Crippen LogP contribution in [0.3, 0.4) is 0 Å². The second-order valence-corrected chi connectivity index (χ2v) is 13.5. The maximum atomic E-state index is 7.80. The number of aryl methyl sites for hydroxylation is 3. The molecule has 0 aliphatic rings. The molecule has 0 unspecified atom stereocenters. The highest BCUT2D eigenvalue weighted by Gasteiger charge is 2.27. The van der Waals surface area contributed by atoms with Gasteiger partial charge in [-0.05, 0) is 100 Å². The first-order valence-electron chi connectivity index (χ1n) is 15.6. The Hall–Kier alpha value is -4.42. The van der Waals surface area contributed by atoms with Gasteiger partial charge in [-0.25, -0.2) is 9.41 Å². The Labute approximate surface area is 254 Å². The van der Waals surface area contributed by atoms with Gasteiger partial charge in [0, 0.05) is 22.4 Å². The number of benzene rings is 4. The normalized spacial score (nSPS) is 12.4. The standard InChI is InChI=1S/C40H40N3/c1-21(2)27-17-31(22(3)4)37(32(18-27)23(5)6)28-16-26-13-14-42(10)40-36-25(8)24(7)15-33-30-12-11-29(41-9)20-34(30)43(39(33)36)35(19-28)38(26)40/h11-23H,1-8,10H3/q+1. The van der Waals surface area contributed by atoms with Crippen LogP contribution in [0.5, 0.6) is 0 Å². The van der Waals surface area contributed by atoms with Gasteiger partial charge < -0.3 is 4.40 Å². The maximum absolute atomic E-state index is 7.80. The molecule has 3 heteroatoms. The van der Waals surface area contributed by atoms with Crippen LogP contribution in [0.2, 0.25) is 0 Å². The highest BCUT2D eigenvalue weighted by Crippen LogP contribution is 2.45. The Morgan fingerprint density at radius 3 is 2.07 bits per heavy atom. The molecule has 0 amide bonds. The minimum absolute atomic E-state index is 0.397. The molecule has 0 atom stereocenters. The average Bonchev–Trinajstić information content (AvgIpc) is 3.30. The van der Waals surface area contributed by atoms with Crippen molar-refractivity contribution in [3.05, 3.63) is 100 Å². The van der Waals surface area contributed by atoms with Crippen molar-refractivity contribution in [3.63, 3.8) is 0 Å². The summed E-state index contributed by atoms with van der Waals surface area (Å²) in [6, 6.07) is 20.6. The Bertz CT molecular complexity index is 2280. The Morgan fingerprint density at radius 2 is 1.44 bits per heavy atom. The molecule has 3 nitrogen and oxygen atoms in total. The van der Waals surface area contributed by atoms with Gasteiger partial charge in [-0.1, -0.05) is 65.8 Å². The summed E-state index contributed by atoms with van der Waals surface area (Å²) in [6.45, 7) is 26.2. The second-order valence-electron chi connectivity index (χ2n) is 13.5. The zero-order valence-corrected chi connectivity index (χ0v) is 26.8. The van der Waals surface area contributed by atoms with Crippen molar-refractivity contribution in [2.24, 2.45) is 7.05 Å². The van der Waals surface area contributed by atoms with Crippen molar-refractivity contribution in [1.82, 2.24) is 4.40 Å². The lowest BCUT2D eigenvalue weighted by atomic mass is 9.81. The van der Waals surface area contributed by atoms with Crippen molar-refractivity contribution in [1.29, 1.82) is 0 Å². The number of aromatic nitrogens is 2. The lowest BCUT2D eigenvalue weighted by Crippen LogP contribution is -2.29. The van der Waals surface area contributed by atoms with Crippen molar-refractivity contribution in [2.45, 2.75) is 73.1 Å². The summed E-state index contributed by atoms with van der Waals surface area (Å²) in [7, 11) is 2.17. The third kappa shape index (κ3) is 3.82. The predicted octanol–water partition coefficient (Wildman–Crippen LogP) is 11.0. The van der Waals surface area contributed by atoms with Gasteiger partial charge in [-0.2, -0.15) is 0 Å². The van der Waals surface area contributed by atoms with Crippen LogP contribution in [0.4, 0.5) is 5.69 Å². The molecule has 0 aliphatic carbocycles. The Balaban J connectivity index is 1.76. The van der Waals surface area contributed by atoms with Crippen LogP contribution in [0.25, 0.3) is 65.0 Å². The number of nitrogens with zero attached hydrogens (tertiary/aromatic N) is 3. The summed E-state index contributed by atoms with van der Waals surface area (Å²) >= 11 is 0. The quantitative estimate of drug-likeness (QED) is 0.0876. The highest BCUT2D eigenvalue weighted by molar-refractivity contribution is 6.26. The van der Waals surface area contributed by atoms with Gasteiger partial charge in [0.25, 0.3) is 0 Å². The molecule has 0 saturated heterocycles. The molecule has 0 saturated carbocycles. The molecule has 7 rings (SSSR count). The lowest BCUT2D eigenvalue weighted by Gasteiger charge is -2.24. The molecular formula is C40H40N3+.